The van der Waals surface area contributed by atoms with E-state index in [1.54, 1.807) is 26.8 Å². The van der Waals surface area contributed by atoms with E-state index in [-0.39, 0.29) is 17.9 Å². The molecule has 0 aliphatic carbocycles. The number of benzene rings is 1. The van der Waals surface area contributed by atoms with E-state index in [2.05, 4.69) is 5.32 Å². The summed E-state index contributed by atoms with van der Waals surface area (Å²) in [5.41, 5.74) is -0.0448. The zero-order valence-corrected chi connectivity index (χ0v) is 10.6. The fraction of sp³-hybridized carbons (Fsp3) is 0.417. The number of hydrogen-bond acceptors (Lipinski definition) is 4. The lowest BCUT2D eigenvalue weighted by Crippen LogP contribution is -2.46. The Labute approximate surface area is 105 Å². The monoisotopic (exact) mass is 252 g/mol. The van der Waals surface area contributed by atoms with Crippen LogP contribution in [0.4, 0.5) is 5.69 Å². The van der Waals surface area contributed by atoms with Crippen LogP contribution in [0.5, 0.6) is 0 Å². The summed E-state index contributed by atoms with van der Waals surface area (Å²) < 4.78 is 0. The van der Waals surface area contributed by atoms with Gasteiger partial charge in [-0.15, -0.1) is 0 Å². The second-order valence-corrected chi connectivity index (χ2v) is 4.81. The van der Waals surface area contributed by atoms with Crippen LogP contribution in [-0.2, 0) is 0 Å². The number of nitro groups is 1. The van der Waals surface area contributed by atoms with Crippen LogP contribution in [0, 0.1) is 17.0 Å². The zero-order chi connectivity index (χ0) is 13.9. The summed E-state index contributed by atoms with van der Waals surface area (Å²) in [6.45, 7) is 4.79. The van der Waals surface area contributed by atoms with Crippen molar-refractivity contribution in [3.8, 4) is 0 Å². The molecule has 0 spiro atoms. The molecule has 1 aromatic rings. The summed E-state index contributed by atoms with van der Waals surface area (Å²) in [7, 11) is 0. The molecule has 0 unspecified atom stereocenters. The molecule has 0 aliphatic heterocycles. The Morgan fingerprint density at radius 1 is 1.44 bits per heavy atom. The van der Waals surface area contributed by atoms with Gasteiger partial charge in [-0.1, -0.05) is 0 Å². The molecule has 6 heteroatoms. The predicted octanol–water partition coefficient (Wildman–Crippen LogP) is 1.40. The molecule has 0 aliphatic rings. The van der Waals surface area contributed by atoms with Crippen LogP contribution in [0.3, 0.4) is 0 Å². The first-order chi connectivity index (χ1) is 8.25. The summed E-state index contributed by atoms with van der Waals surface area (Å²) in [6.07, 6.45) is 0. The first kappa shape index (κ1) is 14.1. The Hall–Kier alpha value is -1.95. The van der Waals surface area contributed by atoms with Gasteiger partial charge in [-0.05, 0) is 32.4 Å². The van der Waals surface area contributed by atoms with Crippen molar-refractivity contribution >= 4 is 11.6 Å². The van der Waals surface area contributed by atoms with Crippen molar-refractivity contribution in [2.75, 3.05) is 6.61 Å². The topological polar surface area (TPSA) is 92.5 Å². The van der Waals surface area contributed by atoms with Crippen molar-refractivity contribution in [2.24, 2.45) is 0 Å². The Bertz CT molecular complexity index is 483. The average molecular weight is 252 g/mol. The highest BCUT2D eigenvalue weighted by molar-refractivity contribution is 5.95. The van der Waals surface area contributed by atoms with E-state index in [1.165, 1.54) is 12.1 Å². The maximum atomic E-state index is 11.9. The van der Waals surface area contributed by atoms with Crippen LogP contribution in [-0.4, -0.2) is 28.1 Å². The molecular formula is C12H16N2O4. The second kappa shape index (κ2) is 5.14. The molecule has 1 rings (SSSR count). The standard InChI is InChI=1S/C12H16N2O4/c1-8-4-9(6-10(5-8)14(17)18)11(16)13-12(2,3)7-15/h4-6,15H,7H2,1-3H3,(H,13,16). The highest BCUT2D eigenvalue weighted by Crippen LogP contribution is 2.17. The molecule has 0 fully saturated rings. The van der Waals surface area contributed by atoms with Crippen molar-refractivity contribution in [2.45, 2.75) is 26.3 Å². The van der Waals surface area contributed by atoms with Crippen molar-refractivity contribution in [3.05, 3.63) is 39.4 Å². The van der Waals surface area contributed by atoms with Gasteiger partial charge < -0.3 is 10.4 Å². The number of amides is 1. The number of nitrogens with zero attached hydrogens (tertiary/aromatic N) is 1. The molecule has 0 saturated carbocycles. The van der Waals surface area contributed by atoms with Gasteiger partial charge in [-0.3, -0.25) is 14.9 Å². The van der Waals surface area contributed by atoms with Crippen LogP contribution in [0.2, 0.25) is 0 Å². The van der Waals surface area contributed by atoms with Crippen LogP contribution >= 0.6 is 0 Å². The normalized spacial score (nSPS) is 11.1. The number of aliphatic hydroxyl groups excluding tert-OH is 1. The smallest absolute Gasteiger partial charge is 0.270 e. The molecule has 6 nitrogen and oxygen atoms in total. The lowest BCUT2D eigenvalue weighted by atomic mass is 10.0. The lowest BCUT2D eigenvalue weighted by Gasteiger charge is -2.23. The fourth-order valence-electron chi connectivity index (χ4n) is 1.42. The molecule has 0 saturated heterocycles. The third-order valence-electron chi connectivity index (χ3n) is 2.38. The molecule has 0 bridgehead atoms. The molecule has 0 heterocycles. The Balaban J connectivity index is 3.03. The van der Waals surface area contributed by atoms with Crippen LogP contribution in [0.15, 0.2) is 18.2 Å². The van der Waals surface area contributed by atoms with Crippen LogP contribution in [0.25, 0.3) is 0 Å². The van der Waals surface area contributed by atoms with Gasteiger partial charge in [0.05, 0.1) is 17.1 Å². The van der Waals surface area contributed by atoms with Gasteiger partial charge >= 0.3 is 0 Å². The van der Waals surface area contributed by atoms with Crippen LogP contribution in [0.1, 0.15) is 29.8 Å². The van der Waals surface area contributed by atoms with Crippen molar-refractivity contribution in [1.29, 1.82) is 0 Å². The van der Waals surface area contributed by atoms with Gasteiger partial charge in [-0.25, -0.2) is 0 Å². The number of carbonyl (C=O) groups excluding carboxylic acids is 1. The summed E-state index contributed by atoms with van der Waals surface area (Å²) in [5.74, 6) is -0.444. The van der Waals surface area contributed by atoms with Crippen molar-refractivity contribution in [3.63, 3.8) is 0 Å². The van der Waals surface area contributed by atoms with Gasteiger partial charge in [0.1, 0.15) is 0 Å². The minimum Gasteiger partial charge on any atom is -0.394 e. The van der Waals surface area contributed by atoms with Gasteiger partial charge in [0.25, 0.3) is 11.6 Å². The van der Waals surface area contributed by atoms with E-state index < -0.39 is 16.4 Å². The second-order valence-electron chi connectivity index (χ2n) is 4.81. The van der Waals surface area contributed by atoms with Gasteiger partial charge in [0, 0.05) is 17.7 Å². The van der Waals surface area contributed by atoms with Gasteiger partial charge in [-0.2, -0.15) is 0 Å². The highest BCUT2D eigenvalue weighted by Gasteiger charge is 2.21. The van der Waals surface area contributed by atoms with E-state index >= 15 is 0 Å². The number of aryl methyl sites for hydroxylation is 1. The summed E-state index contributed by atoms with van der Waals surface area (Å²) in [5, 5.41) is 22.4. The largest absolute Gasteiger partial charge is 0.394 e. The molecular weight excluding hydrogens is 236 g/mol. The summed E-state index contributed by atoms with van der Waals surface area (Å²) in [6, 6.07) is 4.18. The average Bonchev–Trinajstić information content (AvgIpc) is 2.27. The molecule has 98 valence electrons. The summed E-state index contributed by atoms with van der Waals surface area (Å²) >= 11 is 0. The number of carbonyl (C=O) groups is 1. The van der Waals surface area contributed by atoms with E-state index in [0.717, 1.165) is 0 Å². The first-order valence-corrected chi connectivity index (χ1v) is 5.44. The molecule has 2 N–H and O–H groups in total. The molecule has 1 aromatic carbocycles. The number of nitrogens with one attached hydrogen (secondary N) is 1. The van der Waals surface area contributed by atoms with E-state index in [1.807, 2.05) is 0 Å². The molecule has 0 aromatic heterocycles. The Morgan fingerprint density at radius 2 is 2.06 bits per heavy atom. The van der Waals surface area contributed by atoms with Gasteiger partial charge in [0.15, 0.2) is 0 Å². The first-order valence-electron chi connectivity index (χ1n) is 5.44. The van der Waals surface area contributed by atoms with Crippen LogP contribution < -0.4 is 5.32 Å². The van der Waals surface area contributed by atoms with E-state index in [4.69, 9.17) is 5.11 Å². The Morgan fingerprint density at radius 3 is 2.56 bits per heavy atom. The third-order valence-corrected chi connectivity index (χ3v) is 2.38. The zero-order valence-electron chi connectivity index (χ0n) is 10.6. The molecule has 1 amide bonds. The minimum absolute atomic E-state index is 0.123. The number of aliphatic hydroxyl groups is 1. The number of hydrogen-bond donors (Lipinski definition) is 2. The lowest BCUT2D eigenvalue weighted by molar-refractivity contribution is -0.384. The Kier molecular flexibility index (Phi) is 4.03. The quantitative estimate of drug-likeness (QED) is 0.625. The van der Waals surface area contributed by atoms with E-state index in [0.29, 0.717) is 5.56 Å². The van der Waals surface area contributed by atoms with E-state index in [9.17, 15) is 14.9 Å². The van der Waals surface area contributed by atoms with Crippen molar-refractivity contribution < 1.29 is 14.8 Å². The molecule has 0 atom stereocenters. The maximum absolute atomic E-state index is 11.9. The number of rotatable bonds is 4. The molecule has 0 radical (unpaired) electrons. The fourth-order valence-corrected chi connectivity index (χ4v) is 1.42. The van der Waals surface area contributed by atoms with Gasteiger partial charge in [0.2, 0.25) is 0 Å². The number of non-ortho nitro benzene ring substituents is 1. The predicted molar refractivity (Wildman–Crippen MR) is 66.5 cm³/mol. The number of nitro benzene ring substituents is 1. The van der Waals surface area contributed by atoms with Crippen molar-refractivity contribution in [1.82, 2.24) is 5.32 Å². The molecule has 18 heavy (non-hydrogen) atoms. The highest BCUT2D eigenvalue weighted by atomic mass is 16.6. The SMILES string of the molecule is Cc1cc(C(=O)NC(C)(C)CO)cc([N+](=O)[O-])c1. The summed E-state index contributed by atoms with van der Waals surface area (Å²) in [4.78, 5) is 22.1. The maximum Gasteiger partial charge on any atom is 0.270 e. The third kappa shape index (κ3) is 3.53. The minimum atomic E-state index is -0.768.